The molecule has 0 saturated heterocycles. The summed E-state index contributed by atoms with van der Waals surface area (Å²) in [6, 6.07) is 6.94. The van der Waals surface area contributed by atoms with Gasteiger partial charge in [-0.05, 0) is 24.1 Å². The van der Waals surface area contributed by atoms with Crippen LogP contribution in [0.3, 0.4) is 0 Å². The largest absolute Gasteiger partial charge is 0.361 e. The van der Waals surface area contributed by atoms with E-state index in [1.807, 2.05) is 12.1 Å². The molecule has 1 N–H and O–H groups in total. The van der Waals surface area contributed by atoms with E-state index >= 15 is 0 Å². The molecule has 0 aliphatic carbocycles. The standard InChI is InChI=1S/C12H16N2O2S2/c1-18(15,16)11-5-3-10(4-6-11)9-14-12-13-7-2-8-17-12/h3-6H,2,7-9H2,1H3,(H,13,14). The Balaban J connectivity index is 1.96. The van der Waals surface area contributed by atoms with Crippen molar-refractivity contribution in [2.24, 2.45) is 4.99 Å². The monoisotopic (exact) mass is 284 g/mol. The molecular formula is C12H16N2O2S2. The number of rotatable bonds is 3. The normalized spacial score (nSPS) is 16.2. The zero-order valence-corrected chi connectivity index (χ0v) is 11.9. The molecule has 1 aliphatic heterocycles. The molecule has 0 fully saturated rings. The van der Waals surface area contributed by atoms with Crippen LogP contribution in [0, 0.1) is 0 Å². The molecule has 0 atom stereocenters. The summed E-state index contributed by atoms with van der Waals surface area (Å²) in [4.78, 5) is 4.73. The average Bonchev–Trinajstić information content (AvgIpc) is 2.37. The van der Waals surface area contributed by atoms with E-state index < -0.39 is 9.84 Å². The van der Waals surface area contributed by atoms with Gasteiger partial charge in [-0.3, -0.25) is 4.99 Å². The smallest absolute Gasteiger partial charge is 0.175 e. The summed E-state index contributed by atoms with van der Waals surface area (Å²) in [6.45, 7) is 1.57. The number of benzene rings is 1. The molecule has 6 heteroatoms. The number of nitrogens with one attached hydrogen (secondary N) is 1. The third-order valence-corrected chi connectivity index (χ3v) is 4.76. The van der Waals surface area contributed by atoms with Crippen LogP contribution < -0.4 is 5.32 Å². The second-order valence-corrected chi connectivity index (χ2v) is 7.26. The molecule has 2 rings (SSSR count). The second kappa shape index (κ2) is 5.75. The van der Waals surface area contributed by atoms with Crippen LogP contribution in [-0.2, 0) is 16.4 Å². The molecule has 0 spiro atoms. The van der Waals surface area contributed by atoms with Gasteiger partial charge in [0, 0.05) is 25.1 Å². The number of hydrogen-bond acceptors (Lipinski definition) is 5. The molecule has 98 valence electrons. The Bertz CT molecular complexity index is 536. The lowest BCUT2D eigenvalue weighted by molar-refractivity contribution is 0.602. The molecule has 1 heterocycles. The van der Waals surface area contributed by atoms with Crippen LogP contribution in [0.15, 0.2) is 34.2 Å². The van der Waals surface area contributed by atoms with Crippen LogP contribution in [0.4, 0.5) is 0 Å². The number of sulfone groups is 1. The van der Waals surface area contributed by atoms with Crippen molar-refractivity contribution in [2.75, 3.05) is 18.6 Å². The number of hydrogen-bond donors (Lipinski definition) is 1. The Kier molecular flexibility index (Phi) is 4.29. The summed E-state index contributed by atoms with van der Waals surface area (Å²) in [5.41, 5.74) is 1.05. The first-order chi connectivity index (χ1) is 8.55. The zero-order chi connectivity index (χ0) is 13.0. The molecule has 0 bridgehead atoms. The van der Waals surface area contributed by atoms with Crippen molar-refractivity contribution in [2.45, 2.75) is 17.9 Å². The van der Waals surface area contributed by atoms with Crippen molar-refractivity contribution in [3.63, 3.8) is 0 Å². The van der Waals surface area contributed by atoms with Crippen molar-refractivity contribution < 1.29 is 8.42 Å². The minimum Gasteiger partial charge on any atom is -0.361 e. The van der Waals surface area contributed by atoms with Crippen molar-refractivity contribution in [1.82, 2.24) is 5.32 Å². The van der Waals surface area contributed by atoms with E-state index in [0.717, 1.165) is 29.4 Å². The predicted octanol–water partition coefficient (Wildman–Crippen LogP) is 1.67. The summed E-state index contributed by atoms with van der Waals surface area (Å²) in [7, 11) is -3.10. The van der Waals surface area contributed by atoms with Gasteiger partial charge < -0.3 is 5.32 Å². The van der Waals surface area contributed by atoms with Gasteiger partial charge in [-0.15, -0.1) is 0 Å². The Labute approximate surface area is 112 Å². The highest BCUT2D eigenvalue weighted by molar-refractivity contribution is 8.13. The number of nitrogens with zero attached hydrogens (tertiary/aromatic N) is 1. The highest BCUT2D eigenvalue weighted by atomic mass is 32.2. The van der Waals surface area contributed by atoms with Gasteiger partial charge in [-0.1, -0.05) is 23.9 Å². The SMILES string of the molecule is CS(=O)(=O)c1ccc(CNC2=NCCCS2)cc1. The van der Waals surface area contributed by atoms with E-state index in [-0.39, 0.29) is 0 Å². The van der Waals surface area contributed by atoms with E-state index in [2.05, 4.69) is 10.3 Å². The Morgan fingerprint density at radius 1 is 1.33 bits per heavy atom. The van der Waals surface area contributed by atoms with Crippen molar-refractivity contribution in [3.8, 4) is 0 Å². The Morgan fingerprint density at radius 3 is 2.61 bits per heavy atom. The molecule has 0 radical (unpaired) electrons. The number of amidine groups is 1. The molecule has 0 amide bonds. The minimum atomic E-state index is -3.10. The van der Waals surface area contributed by atoms with Gasteiger partial charge in [0.25, 0.3) is 0 Å². The number of thioether (sulfide) groups is 1. The first kappa shape index (κ1) is 13.4. The van der Waals surface area contributed by atoms with Crippen molar-refractivity contribution >= 4 is 26.8 Å². The van der Waals surface area contributed by atoms with E-state index in [0.29, 0.717) is 11.4 Å². The third kappa shape index (κ3) is 3.74. The van der Waals surface area contributed by atoms with E-state index in [1.165, 1.54) is 6.26 Å². The van der Waals surface area contributed by atoms with Crippen LogP contribution in [0.5, 0.6) is 0 Å². The molecule has 1 aromatic rings. The third-order valence-electron chi connectivity index (χ3n) is 2.59. The summed E-state index contributed by atoms with van der Waals surface area (Å²) >= 11 is 1.73. The number of aliphatic imine (C=N–C) groups is 1. The second-order valence-electron chi connectivity index (χ2n) is 4.16. The lowest BCUT2D eigenvalue weighted by Gasteiger charge is -2.13. The quantitative estimate of drug-likeness (QED) is 0.917. The van der Waals surface area contributed by atoms with Crippen molar-refractivity contribution in [3.05, 3.63) is 29.8 Å². The van der Waals surface area contributed by atoms with Crippen molar-refractivity contribution in [1.29, 1.82) is 0 Å². The van der Waals surface area contributed by atoms with Gasteiger partial charge in [-0.2, -0.15) is 0 Å². The highest BCUT2D eigenvalue weighted by Gasteiger charge is 2.07. The summed E-state index contributed by atoms with van der Waals surface area (Å²) < 4.78 is 22.6. The van der Waals surface area contributed by atoms with Crippen LogP contribution >= 0.6 is 11.8 Å². The fourth-order valence-electron chi connectivity index (χ4n) is 1.60. The molecular weight excluding hydrogens is 268 g/mol. The zero-order valence-electron chi connectivity index (χ0n) is 10.2. The van der Waals surface area contributed by atoms with Gasteiger partial charge in [-0.25, -0.2) is 8.42 Å². The molecule has 18 heavy (non-hydrogen) atoms. The van der Waals surface area contributed by atoms with Gasteiger partial charge in [0.15, 0.2) is 15.0 Å². The summed E-state index contributed by atoms with van der Waals surface area (Å²) in [6.07, 6.45) is 2.35. The van der Waals surface area contributed by atoms with Gasteiger partial charge in [0.2, 0.25) is 0 Å². The van der Waals surface area contributed by atoms with Gasteiger partial charge >= 0.3 is 0 Å². The molecule has 1 aliphatic rings. The van der Waals surface area contributed by atoms with Crippen LogP contribution in [0.2, 0.25) is 0 Å². The maximum atomic E-state index is 11.3. The molecule has 0 aromatic heterocycles. The fourth-order valence-corrected chi connectivity index (χ4v) is 3.05. The molecule has 0 saturated carbocycles. The molecule has 1 aromatic carbocycles. The van der Waals surface area contributed by atoms with Gasteiger partial charge in [0.05, 0.1) is 4.90 Å². The Morgan fingerprint density at radius 2 is 2.06 bits per heavy atom. The summed E-state index contributed by atoms with van der Waals surface area (Å²) in [5.74, 6) is 1.11. The summed E-state index contributed by atoms with van der Waals surface area (Å²) in [5, 5.41) is 4.24. The van der Waals surface area contributed by atoms with E-state index in [4.69, 9.17) is 0 Å². The average molecular weight is 284 g/mol. The predicted molar refractivity (Wildman–Crippen MR) is 75.8 cm³/mol. The molecule has 4 nitrogen and oxygen atoms in total. The van der Waals surface area contributed by atoms with Gasteiger partial charge in [0.1, 0.15) is 0 Å². The molecule has 0 unspecified atom stereocenters. The highest BCUT2D eigenvalue weighted by Crippen LogP contribution is 2.13. The van der Waals surface area contributed by atoms with E-state index in [1.54, 1.807) is 23.9 Å². The van der Waals surface area contributed by atoms with Crippen LogP contribution in [0.25, 0.3) is 0 Å². The fraction of sp³-hybridized carbons (Fsp3) is 0.417. The first-order valence-electron chi connectivity index (χ1n) is 5.76. The minimum absolute atomic E-state index is 0.357. The first-order valence-corrected chi connectivity index (χ1v) is 8.63. The Hall–Kier alpha value is -1.01. The maximum absolute atomic E-state index is 11.3. The topological polar surface area (TPSA) is 58.5 Å². The lowest BCUT2D eigenvalue weighted by atomic mass is 10.2. The van der Waals surface area contributed by atoms with Crippen LogP contribution in [0.1, 0.15) is 12.0 Å². The van der Waals surface area contributed by atoms with E-state index in [9.17, 15) is 8.42 Å². The lowest BCUT2D eigenvalue weighted by Crippen LogP contribution is -2.22. The maximum Gasteiger partial charge on any atom is 0.175 e. The van der Waals surface area contributed by atoms with Crippen LogP contribution in [-0.4, -0.2) is 32.1 Å².